The van der Waals surface area contributed by atoms with Gasteiger partial charge < -0.3 is 5.32 Å². The second-order valence-corrected chi connectivity index (χ2v) is 7.39. The average molecular weight is 327 g/mol. The van der Waals surface area contributed by atoms with Crippen LogP contribution in [0.2, 0.25) is 5.02 Å². The van der Waals surface area contributed by atoms with E-state index in [4.69, 9.17) is 11.6 Å². The first-order valence-electron chi connectivity index (χ1n) is 8.71. The molecule has 2 aromatic rings. The molecule has 0 aliphatic heterocycles. The number of halogens is 1. The SMILES string of the molecule is Clc1ccc([C@H]2[C@H]3CCCC[C@H]3[C@@H]2NCc2cccnc2)cc1. The molecule has 0 bridgehead atoms. The van der Waals surface area contributed by atoms with Crippen molar-refractivity contribution >= 4 is 11.6 Å². The predicted octanol–water partition coefficient (Wildman–Crippen LogP) is 4.80. The van der Waals surface area contributed by atoms with Crippen LogP contribution in [-0.4, -0.2) is 11.0 Å². The number of hydrogen-bond donors (Lipinski definition) is 1. The topological polar surface area (TPSA) is 24.9 Å². The van der Waals surface area contributed by atoms with Gasteiger partial charge in [0.2, 0.25) is 0 Å². The molecule has 0 amide bonds. The largest absolute Gasteiger partial charge is 0.309 e. The van der Waals surface area contributed by atoms with Crippen LogP contribution in [0, 0.1) is 11.8 Å². The standard InChI is InChI=1S/C20H23ClN2/c21-16-9-7-15(8-10-16)19-17-5-1-2-6-18(17)20(19)23-13-14-4-3-11-22-12-14/h3-4,7-12,17-20,23H,1-2,5-6,13H2/t17-,18+,19-,20-/m0/s1. The second-order valence-electron chi connectivity index (χ2n) is 6.96. The molecule has 2 nitrogen and oxygen atoms in total. The molecular weight excluding hydrogens is 304 g/mol. The highest BCUT2D eigenvalue weighted by molar-refractivity contribution is 6.30. The Morgan fingerprint density at radius 1 is 1.04 bits per heavy atom. The Bertz CT molecular complexity index is 640. The van der Waals surface area contributed by atoms with Gasteiger partial charge >= 0.3 is 0 Å². The minimum atomic E-state index is 0.585. The highest BCUT2D eigenvalue weighted by Crippen LogP contribution is 2.54. The first-order chi connectivity index (χ1) is 11.3. The molecule has 0 unspecified atom stereocenters. The number of nitrogens with zero attached hydrogens (tertiary/aromatic N) is 1. The smallest absolute Gasteiger partial charge is 0.0406 e. The Morgan fingerprint density at radius 3 is 2.57 bits per heavy atom. The summed E-state index contributed by atoms with van der Waals surface area (Å²) >= 11 is 6.07. The van der Waals surface area contributed by atoms with Crippen molar-refractivity contribution in [2.24, 2.45) is 11.8 Å². The molecule has 2 aliphatic carbocycles. The van der Waals surface area contributed by atoms with Gasteiger partial charge in [-0.1, -0.05) is 42.6 Å². The van der Waals surface area contributed by atoms with Gasteiger partial charge in [-0.2, -0.15) is 0 Å². The summed E-state index contributed by atoms with van der Waals surface area (Å²) in [7, 11) is 0. The second kappa shape index (κ2) is 6.62. The van der Waals surface area contributed by atoms with Gasteiger partial charge in [0.25, 0.3) is 0 Å². The van der Waals surface area contributed by atoms with E-state index in [-0.39, 0.29) is 0 Å². The van der Waals surface area contributed by atoms with E-state index in [9.17, 15) is 0 Å². The first kappa shape index (κ1) is 15.2. The lowest BCUT2D eigenvalue weighted by atomic mass is 9.53. The molecule has 1 aromatic heterocycles. The fraction of sp³-hybridized carbons (Fsp3) is 0.450. The van der Waals surface area contributed by atoms with E-state index < -0.39 is 0 Å². The van der Waals surface area contributed by atoms with Crippen LogP contribution >= 0.6 is 11.6 Å². The fourth-order valence-electron chi connectivity index (χ4n) is 4.62. The van der Waals surface area contributed by atoms with Crippen molar-refractivity contribution in [2.75, 3.05) is 0 Å². The average Bonchev–Trinajstić information content (AvgIpc) is 2.59. The summed E-state index contributed by atoms with van der Waals surface area (Å²) in [5, 5.41) is 4.65. The van der Waals surface area contributed by atoms with Crippen LogP contribution in [0.15, 0.2) is 48.8 Å². The van der Waals surface area contributed by atoms with Gasteiger partial charge in [0.05, 0.1) is 0 Å². The monoisotopic (exact) mass is 326 g/mol. The van der Waals surface area contributed by atoms with Crippen LogP contribution < -0.4 is 5.32 Å². The van der Waals surface area contributed by atoms with Crippen LogP contribution in [0.25, 0.3) is 0 Å². The zero-order chi connectivity index (χ0) is 15.6. The highest BCUT2D eigenvalue weighted by Gasteiger charge is 2.50. The van der Waals surface area contributed by atoms with Crippen molar-refractivity contribution < 1.29 is 0 Å². The Hall–Kier alpha value is -1.38. The highest BCUT2D eigenvalue weighted by atomic mass is 35.5. The maximum atomic E-state index is 6.07. The number of nitrogens with one attached hydrogen (secondary N) is 1. The number of benzene rings is 1. The van der Waals surface area contributed by atoms with Gasteiger partial charge in [-0.25, -0.2) is 0 Å². The van der Waals surface area contributed by atoms with Crippen LogP contribution in [0.4, 0.5) is 0 Å². The third kappa shape index (κ3) is 3.02. The number of rotatable bonds is 4. The molecule has 2 fully saturated rings. The number of aromatic nitrogens is 1. The minimum absolute atomic E-state index is 0.585. The van der Waals surface area contributed by atoms with Gasteiger partial charge in [-0.05, 0) is 54.0 Å². The third-order valence-corrected chi connectivity index (χ3v) is 5.96. The lowest BCUT2D eigenvalue weighted by molar-refractivity contribution is 0.0254. The molecule has 0 saturated heterocycles. The summed E-state index contributed by atoms with van der Waals surface area (Å²) in [6, 6.07) is 13.2. The van der Waals surface area contributed by atoms with Crippen molar-refractivity contribution in [3.05, 3.63) is 64.9 Å². The van der Waals surface area contributed by atoms with Gasteiger partial charge in [-0.15, -0.1) is 0 Å². The summed E-state index contributed by atoms with van der Waals surface area (Å²) < 4.78 is 0. The van der Waals surface area contributed by atoms with Gasteiger partial charge in [-0.3, -0.25) is 4.98 Å². The van der Waals surface area contributed by atoms with Crippen LogP contribution in [-0.2, 0) is 6.54 Å². The Labute approximate surface area is 143 Å². The number of hydrogen-bond acceptors (Lipinski definition) is 2. The lowest BCUT2D eigenvalue weighted by Gasteiger charge is -2.55. The quantitative estimate of drug-likeness (QED) is 0.873. The fourth-order valence-corrected chi connectivity index (χ4v) is 4.75. The van der Waals surface area contributed by atoms with E-state index in [2.05, 4.69) is 28.5 Å². The van der Waals surface area contributed by atoms with Crippen molar-refractivity contribution in [2.45, 2.75) is 44.2 Å². The van der Waals surface area contributed by atoms with E-state index >= 15 is 0 Å². The predicted molar refractivity (Wildman–Crippen MR) is 94.5 cm³/mol. The lowest BCUT2D eigenvalue weighted by Crippen LogP contribution is -2.57. The Kier molecular flexibility index (Phi) is 4.37. The van der Waals surface area contributed by atoms with E-state index in [1.54, 1.807) is 0 Å². The minimum Gasteiger partial charge on any atom is -0.309 e. The van der Waals surface area contributed by atoms with Crippen molar-refractivity contribution in [3.63, 3.8) is 0 Å². The number of fused-ring (bicyclic) bond motifs is 1. The molecule has 2 aliphatic rings. The maximum absolute atomic E-state index is 6.07. The van der Waals surface area contributed by atoms with E-state index in [0.717, 1.165) is 23.4 Å². The maximum Gasteiger partial charge on any atom is 0.0406 e. The van der Waals surface area contributed by atoms with Gasteiger partial charge in [0, 0.05) is 35.9 Å². The van der Waals surface area contributed by atoms with Crippen molar-refractivity contribution in [1.29, 1.82) is 0 Å². The molecular formula is C20H23ClN2. The zero-order valence-electron chi connectivity index (χ0n) is 13.3. The molecule has 4 atom stereocenters. The summed E-state index contributed by atoms with van der Waals surface area (Å²) in [6.07, 6.45) is 9.32. The van der Waals surface area contributed by atoms with Crippen LogP contribution in [0.1, 0.15) is 42.7 Å². The summed E-state index contributed by atoms with van der Waals surface area (Å²) in [4.78, 5) is 4.22. The molecule has 1 N–H and O–H groups in total. The molecule has 0 radical (unpaired) electrons. The number of pyridine rings is 1. The third-order valence-electron chi connectivity index (χ3n) is 5.70. The van der Waals surface area contributed by atoms with Gasteiger partial charge in [0.1, 0.15) is 0 Å². The van der Waals surface area contributed by atoms with Crippen molar-refractivity contribution in [1.82, 2.24) is 10.3 Å². The first-order valence-corrected chi connectivity index (χ1v) is 9.08. The molecule has 120 valence electrons. The molecule has 23 heavy (non-hydrogen) atoms. The van der Waals surface area contributed by atoms with Crippen LogP contribution in [0.3, 0.4) is 0 Å². The summed E-state index contributed by atoms with van der Waals surface area (Å²) in [5.41, 5.74) is 2.71. The van der Waals surface area contributed by atoms with E-state index in [0.29, 0.717) is 12.0 Å². The summed E-state index contributed by atoms with van der Waals surface area (Å²) in [5.74, 6) is 2.31. The van der Waals surface area contributed by atoms with Crippen LogP contribution in [0.5, 0.6) is 0 Å². The Balaban J connectivity index is 1.51. The van der Waals surface area contributed by atoms with E-state index in [1.165, 1.54) is 36.8 Å². The molecule has 1 heterocycles. The molecule has 1 aromatic carbocycles. The molecule has 0 spiro atoms. The molecule has 4 rings (SSSR count). The molecule has 3 heteroatoms. The Morgan fingerprint density at radius 2 is 1.83 bits per heavy atom. The van der Waals surface area contributed by atoms with Crippen molar-refractivity contribution in [3.8, 4) is 0 Å². The van der Waals surface area contributed by atoms with Gasteiger partial charge in [0.15, 0.2) is 0 Å². The summed E-state index contributed by atoms with van der Waals surface area (Å²) in [6.45, 7) is 0.909. The van der Waals surface area contributed by atoms with E-state index in [1.807, 2.05) is 30.6 Å². The zero-order valence-corrected chi connectivity index (χ0v) is 14.0. The molecule has 2 saturated carbocycles. The normalized spacial score (nSPS) is 29.6.